The third-order valence-corrected chi connectivity index (χ3v) is 4.37. The number of rotatable bonds is 2. The molecule has 1 fully saturated rings. The summed E-state index contributed by atoms with van der Waals surface area (Å²) in [5.74, 6) is 0.998. The van der Waals surface area contributed by atoms with Crippen molar-refractivity contribution in [1.82, 2.24) is 4.98 Å². The molecule has 1 atom stereocenters. The fourth-order valence-electron chi connectivity index (χ4n) is 2.77. The molecule has 1 saturated carbocycles. The zero-order valence-corrected chi connectivity index (χ0v) is 11.9. The lowest BCUT2D eigenvalue weighted by Crippen LogP contribution is -2.29. The number of nitrogens with two attached hydrogens (primary N) is 2. The van der Waals surface area contributed by atoms with E-state index in [2.05, 4.69) is 18.8 Å². The average molecular weight is 268 g/mol. The van der Waals surface area contributed by atoms with Gasteiger partial charge in [0.1, 0.15) is 5.82 Å². The summed E-state index contributed by atoms with van der Waals surface area (Å²) in [5.41, 5.74) is 13.6. The van der Waals surface area contributed by atoms with Crippen molar-refractivity contribution in [3.8, 4) is 0 Å². The molecule has 4 heteroatoms. The van der Waals surface area contributed by atoms with Gasteiger partial charge in [-0.05, 0) is 43.1 Å². The van der Waals surface area contributed by atoms with Crippen LogP contribution in [0.3, 0.4) is 0 Å². The molecule has 1 unspecified atom stereocenters. The molecule has 100 valence electrons. The normalized spacial score (nSPS) is 21.8. The molecule has 1 aromatic rings. The van der Waals surface area contributed by atoms with Crippen molar-refractivity contribution in [2.24, 2.45) is 17.1 Å². The minimum Gasteiger partial charge on any atom is -0.383 e. The maximum Gasteiger partial charge on any atom is 0.128 e. The van der Waals surface area contributed by atoms with Gasteiger partial charge in [-0.1, -0.05) is 25.4 Å². The predicted octanol–water partition coefficient (Wildman–Crippen LogP) is 3.53. The van der Waals surface area contributed by atoms with Crippen LogP contribution in [0.2, 0.25) is 5.02 Å². The van der Waals surface area contributed by atoms with Crippen molar-refractivity contribution in [3.05, 3.63) is 22.8 Å². The fraction of sp³-hybridized carbons (Fsp3) is 0.643. The monoisotopic (exact) mass is 267 g/mol. The van der Waals surface area contributed by atoms with E-state index in [0.29, 0.717) is 22.2 Å². The quantitative estimate of drug-likeness (QED) is 0.861. The third-order valence-electron chi connectivity index (χ3n) is 4.17. The van der Waals surface area contributed by atoms with Gasteiger partial charge in [-0.2, -0.15) is 0 Å². The Kier molecular flexibility index (Phi) is 3.83. The van der Waals surface area contributed by atoms with Gasteiger partial charge in [0.25, 0.3) is 0 Å². The van der Waals surface area contributed by atoms with Crippen LogP contribution in [0.4, 0.5) is 5.82 Å². The SMILES string of the molecule is CC1(C)CCC(C(N)c2cc(Cl)cnc2N)CC1. The van der Waals surface area contributed by atoms with Crippen LogP contribution in [-0.2, 0) is 0 Å². The van der Waals surface area contributed by atoms with E-state index >= 15 is 0 Å². The van der Waals surface area contributed by atoms with Crippen molar-refractivity contribution in [2.75, 3.05) is 5.73 Å². The Morgan fingerprint density at radius 1 is 1.39 bits per heavy atom. The number of pyridine rings is 1. The van der Waals surface area contributed by atoms with Crippen molar-refractivity contribution >= 4 is 17.4 Å². The number of aromatic nitrogens is 1. The summed E-state index contributed by atoms with van der Waals surface area (Å²) in [5, 5.41) is 0.603. The summed E-state index contributed by atoms with van der Waals surface area (Å²) in [4.78, 5) is 4.09. The first kappa shape index (κ1) is 13.6. The van der Waals surface area contributed by atoms with E-state index in [0.717, 1.165) is 18.4 Å². The topological polar surface area (TPSA) is 64.9 Å². The number of nitrogens with zero attached hydrogens (tertiary/aromatic N) is 1. The van der Waals surface area contributed by atoms with Crippen LogP contribution in [0.15, 0.2) is 12.3 Å². The molecule has 0 amide bonds. The van der Waals surface area contributed by atoms with Crippen molar-refractivity contribution in [2.45, 2.75) is 45.6 Å². The van der Waals surface area contributed by atoms with Crippen LogP contribution >= 0.6 is 11.6 Å². The summed E-state index contributed by atoms with van der Waals surface area (Å²) in [6, 6.07) is 1.81. The summed E-state index contributed by atoms with van der Waals surface area (Å²) in [6.45, 7) is 4.65. The van der Waals surface area contributed by atoms with Crippen molar-refractivity contribution in [3.63, 3.8) is 0 Å². The van der Waals surface area contributed by atoms with Gasteiger partial charge < -0.3 is 11.5 Å². The number of nitrogen functional groups attached to an aromatic ring is 1. The van der Waals surface area contributed by atoms with Crippen LogP contribution in [-0.4, -0.2) is 4.98 Å². The zero-order valence-electron chi connectivity index (χ0n) is 11.1. The summed E-state index contributed by atoms with van der Waals surface area (Å²) in [6.07, 6.45) is 6.32. The van der Waals surface area contributed by atoms with E-state index in [1.54, 1.807) is 6.20 Å². The molecule has 3 nitrogen and oxygen atoms in total. The van der Waals surface area contributed by atoms with Gasteiger partial charge in [-0.25, -0.2) is 4.98 Å². The molecule has 0 aromatic carbocycles. The van der Waals surface area contributed by atoms with Gasteiger partial charge >= 0.3 is 0 Å². The Hall–Kier alpha value is -0.800. The van der Waals surface area contributed by atoms with Gasteiger partial charge in [-0.3, -0.25) is 0 Å². The molecule has 4 N–H and O–H groups in total. The maximum atomic E-state index is 6.35. The van der Waals surface area contributed by atoms with E-state index in [4.69, 9.17) is 23.1 Å². The van der Waals surface area contributed by atoms with Gasteiger partial charge in [0.05, 0.1) is 5.02 Å². The highest BCUT2D eigenvalue weighted by Crippen LogP contribution is 2.42. The van der Waals surface area contributed by atoms with E-state index in [1.165, 1.54) is 12.8 Å². The molecule has 0 spiro atoms. The summed E-state index contributed by atoms with van der Waals surface area (Å²) in [7, 11) is 0. The second-order valence-electron chi connectivity index (χ2n) is 6.16. The van der Waals surface area contributed by atoms with Crippen LogP contribution in [0.5, 0.6) is 0 Å². The van der Waals surface area contributed by atoms with Crippen LogP contribution in [0.1, 0.15) is 51.1 Å². The molecular formula is C14H22ClN3. The highest BCUT2D eigenvalue weighted by molar-refractivity contribution is 6.30. The highest BCUT2D eigenvalue weighted by Gasteiger charge is 2.31. The summed E-state index contributed by atoms with van der Waals surface area (Å²) >= 11 is 5.97. The van der Waals surface area contributed by atoms with Gasteiger partial charge in [0, 0.05) is 17.8 Å². The number of hydrogen-bond acceptors (Lipinski definition) is 3. The molecule has 2 rings (SSSR count). The lowest BCUT2D eigenvalue weighted by atomic mass is 9.70. The number of hydrogen-bond donors (Lipinski definition) is 2. The van der Waals surface area contributed by atoms with E-state index in [1.807, 2.05) is 6.07 Å². The Labute approximate surface area is 114 Å². The first-order valence-corrected chi connectivity index (χ1v) is 6.93. The molecule has 1 aromatic heterocycles. The third kappa shape index (κ3) is 2.96. The molecule has 1 aliphatic rings. The summed E-state index contributed by atoms with van der Waals surface area (Å²) < 4.78 is 0. The molecule has 0 aliphatic heterocycles. The van der Waals surface area contributed by atoms with Crippen LogP contribution < -0.4 is 11.5 Å². The Morgan fingerprint density at radius 2 is 2.00 bits per heavy atom. The first-order valence-electron chi connectivity index (χ1n) is 6.55. The van der Waals surface area contributed by atoms with Gasteiger partial charge in [0.15, 0.2) is 0 Å². The zero-order chi connectivity index (χ0) is 13.3. The largest absolute Gasteiger partial charge is 0.383 e. The lowest BCUT2D eigenvalue weighted by Gasteiger charge is -2.37. The minimum atomic E-state index is -0.0488. The number of anilines is 1. The van der Waals surface area contributed by atoms with E-state index in [9.17, 15) is 0 Å². The minimum absolute atomic E-state index is 0.0488. The maximum absolute atomic E-state index is 6.35. The molecule has 18 heavy (non-hydrogen) atoms. The smallest absolute Gasteiger partial charge is 0.128 e. The predicted molar refractivity (Wildman–Crippen MR) is 76.3 cm³/mol. The van der Waals surface area contributed by atoms with Gasteiger partial charge in [-0.15, -0.1) is 0 Å². The highest BCUT2D eigenvalue weighted by atomic mass is 35.5. The van der Waals surface area contributed by atoms with Crippen LogP contribution in [0, 0.1) is 11.3 Å². The average Bonchev–Trinajstić information content (AvgIpc) is 2.31. The standard InChI is InChI=1S/C14H22ClN3/c1-14(2)5-3-9(4-6-14)12(16)11-7-10(15)8-18-13(11)17/h7-9,12H,3-6,16H2,1-2H3,(H2,17,18). The fourth-order valence-corrected chi connectivity index (χ4v) is 2.93. The Bertz CT molecular complexity index is 421. The molecule has 1 heterocycles. The second kappa shape index (κ2) is 5.06. The molecular weight excluding hydrogens is 246 g/mol. The Morgan fingerprint density at radius 3 is 2.61 bits per heavy atom. The van der Waals surface area contributed by atoms with E-state index < -0.39 is 0 Å². The molecule has 0 saturated heterocycles. The molecule has 0 radical (unpaired) electrons. The first-order chi connectivity index (χ1) is 8.39. The van der Waals surface area contributed by atoms with Gasteiger partial charge in [0.2, 0.25) is 0 Å². The molecule has 0 bridgehead atoms. The lowest BCUT2D eigenvalue weighted by molar-refractivity contribution is 0.173. The van der Waals surface area contributed by atoms with Crippen LogP contribution in [0.25, 0.3) is 0 Å². The molecule has 1 aliphatic carbocycles. The van der Waals surface area contributed by atoms with E-state index in [-0.39, 0.29) is 6.04 Å². The van der Waals surface area contributed by atoms with Crippen molar-refractivity contribution < 1.29 is 0 Å². The van der Waals surface area contributed by atoms with Crippen molar-refractivity contribution in [1.29, 1.82) is 0 Å². The number of halogens is 1. The second-order valence-corrected chi connectivity index (χ2v) is 6.59. The Balaban J connectivity index is 2.12.